The van der Waals surface area contributed by atoms with Gasteiger partial charge in [-0.1, -0.05) is 26.2 Å². The van der Waals surface area contributed by atoms with E-state index in [1.54, 1.807) is 0 Å². The van der Waals surface area contributed by atoms with Crippen LogP contribution in [0.3, 0.4) is 0 Å². The summed E-state index contributed by atoms with van der Waals surface area (Å²) in [6.45, 7) is 5.37. The summed E-state index contributed by atoms with van der Waals surface area (Å²) >= 11 is 0. The molecule has 0 aromatic heterocycles. The summed E-state index contributed by atoms with van der Waals surface area (Å²) in [6, 6.07) is 0.659. The molecule has 1 aliphatic carbocycles. The predicted molar refractivity (Wildman–Crippen MR) is 65.0 cm³/mol. The van der Waals surface area contributed by atoms with Crippen LogP contribution in [0.4, 0.5) is 0 Å². The topological polar surface area (TPSA) is 32.3 Å². The second-order valence-electron chi connectivity index (χ2n) is 5.29. The highest BCUT2D eigenvalue weighted by molar-refractivity contribution is 4.84. The van der Waals surface area contributed by atoms with E-state index < -0.39 is 0 Å². The molecule has 0 aliphatic heterocycles. The Bertz CT molecular complexity index is 158. The van der Waals surface area contributed by atoms with Crippen LogP contribution in [0.1, 0.15) is 65.2 Å². The SMILES string of the molecule is CCCCCCNC1CCC(C)(O)CC1. The fourth-order valence-electron chi connectivity index (χ4n) is 2.30. The molecule has 1 aliphatic rings. The summed E-state index contributed by atoms with van der Waals surface area (Å²) in [6.07, 6.45) is 9.53. The van der Waals surface area contributed by atoms with Crippen LogP contribution in [0.5, 0.6) is 0 Å². The molecule has 0 amide bonds. The highest BCUT2D eigenvalue weighted by Gasteiger charge is 2.27. The molecule has 1 fully saturated rings. The van der Waals surface area contributed by atoms with Crippen molar-refractivity contribution >= 4 is 0 Å². The first kappa shape index (κ1) is 13.0. The van der Waals surface area contributed by atoms with Gasteiger partial charge in [0.05, 0.1) is 5.60 Å². The molecule has 1 saturated carbocycles. The minimum atomic E-state index is -0.389. The first-order valence-electron chi connectivity index (χ1n) is 6.60. The van der Waals surface area contributed by atoms with E-state index in [-0.39, 0.29) is 5.60 Å². The quantitative estimate of drug-likeness (QED) is 0.665. The van der Waals surface area contributed by atoms with Crippen LogP contribution in [0, 0.1) is 0 Å². The second kappa shape index (κ2) is 6.49. The Hall–Kier alpha value is -0.0800. The minimum Gasteiger partial charge on any atom is -0.390 e. The zero-order valence-electron chi connectivity index (χ0n) is 10.4. The highest BCUT2D eigenvalue weighted by Crippen LogP contribution is 2.27. The molecule has 0 spiro atoms. The summed E-state index contributed by atoms with van der Waals surface area (Å²) < 4.78 is 0. The van der Waals surface area contributed by atoms with Crippen molar-refractivity contribution in [1.29, 1.82) is 0 Å². The third kappa shape index (κ3) is 5.53. The fraction of sp³-hybridized carbons (Fsp3) is 1.00. The maximum Gasteiger partial charge on any atom is 0.0621 e. The molecule has 0 radical (unpaired) electrons. The summed E-state index contributed by atoms with van der Waals surface area (Å²) in [7, 11) is 0. The van der Waals surface area contributed by atoms with Gasteiger partial charge < -0.3 is 10.4 Å². The van der Waals surface area contributed by atoms with E-state index in [0.717, 1.165) is 32.2 Å². The summed E-state index contributed by atoms with van der Waals surface area (Å²) in [5.41, 5.74) is -0.389. The van der Waals surface area contributed by atoms with Crippen LogP contribution in [-0.4, -0.2) is 23.3 Å². The van der Waals surface area contributed by atoms with Gasteiger partial charge in [-0.2, -0.15) is 0 Å². The van der Waals surface area contributed by atoms with Crippen LogP contribution >= 0.6 is 0 Å². The van der Waals surface area contributed by atoms with Crippen LogP contribution in [-0.2, 0) is 0 Å². The summed E-state index contributed by atoms with van der Waals surface area (Å²) in [5.74, 6) is 0. The molecule has 0 aromatic carbocycles. The highest BCUT2D eigenvalue weighted by atomic mass is 16.3. The lowest BCUT2D eigenvalue weighted by Gasteiger charge is -2.33. The molecule has 90 valence electrons. The van der Waals surface area contributed by atoms with Crippen LogP contribution in [0.25, 0.3) is 0 Å². The van der Waals surface area contributed by atoms with Gasteiger partial charge in [-0.15, -0.1) is 0 Å². The van der Waals surface area contributed by atoms with Crippen molar-refractivity contribution in [2.45, 2.75) is 76.9 Å². The molecule has 0 heterocycles. The summed E-state index contributed by atoms with van der Waals surface area (Å²) in [4.78, 5) is 0. The smallest absolute Gasteiger partial charge is 0.0621 e. The lowest BCUT2D eigenvalue weighted by atomic mass is 9.83. The van der Waals surface area contributed by atoms with Gasteiger partial charge in [-0.05, 0) is 45.6 Å². The van der Waals surface area contributed by atoms with Crippen molar-refractivity contribution in [2.24, 2.45) is 0 Å². The largest absolute Gasteiger partial charge is 0.390 e. The van der Waals surface area contributed by atoms with E-state index in [0.29, 0.717) is 6.04 Å². The van der Waals surface area contributed by atoms with E-state index in [1.165, 1.54) is 25.7 Å². The van der Waals surface area contributed by atoms with Crippen LogP contribution in [0.2, 0.25) is 0 Å². The minimum absolute atomic E-state index is 0.389. The molecule has 0 aromatic rings. The van der Waals surface area contributed by atoms with Crippen molar-refractivity contribution < 1.29 is 5.11 Å². The Kier molecular flexibility index (Phi) is 5.62. The van der Waals surface area contributed by atoms with E-state index in [9.17, 15) is 5.11 Å². The third-order valence-electron chi connectivity index (χ3n) is 3.53. The Balaban J connectivity index is 1.99. The standard InChI is InChI=1S/C13H27NO/c1-3-4-5-6-11-14-12-7-9-13(2,15)10-8-12/h12,14-15H,3-11H2,1-2H3. The summed E-state index contributed by atoms with van der Waals surface area (Å²) in [5, 5.41) is 13.4. The number of nitrogens with one attached hydrogen (secondary N) is 1. The predicted octanol–water partition coefficient (Wildman–Crippen LogP) is 2.85. The van der Waals surface area contributed by atoms with Crippen molar-refractivity contribution in [3.63, 3.8) is 0 Å². The second-order valence-corrected chi connectivity index (χ2v) is 5.29. The van der Waals surface area contributed by atoms with E-state index in [2.05, 4.69) is 12.2 Å². The number of aliphatic hydroxyl groups is 1. The Morgan fingerprint density at radius 2 is 1.87 bits per heavy atom. The average molecular weight is 213 g/mol. The normalized spacial score (nSPS) is 31.8. The van der Waals surface area contributed by atoms with Gasteiger partial charge in [0, 0.05) is 6.04 Å². The zero-order valence-corrected chi connectivity index (χ0v) is 10.4. The maximum atomic E-state index is 9.81. The maximum absolute atomic E-state index is 9.81. The molecule has 2 heteroatoms. The molecule has 0 unspecified atom stereocenters. The lowest BCUT2D eigenvalue weighted by Crippen LogP contribution is -2.39. The van der Waals surface area contributed by atoms with E-state index >= 15 is 0 Å². The Labute approximate surface area is 94.5 Å². The van der Waals surface area contributed by atoms with Crippen molar-refractivity contribution in [3.8, 4) is 0 Å². The third-order valence-corrected chi connectivity index (χ3v) is 3.53. The molecule has 1 rings (SSSR count). The van der Waals surface area contributed by atoms with Crippen molar-refractivity contribution in [2.75, 3.05) is 6.54 Å². The zero-order chi connectivity index (χ0) is 11.1. The van der Waals surface area contributed by atoms with Crippen molar-refractivity contribution in [1.82, 2.24) is 5.32 Å². The van der Waals surface area contributed by atoms with Gasteiger partial charge in [-0.3, -0.25) is 0 Å². The molecular weight excluding hydrogens is 186 g/mol. The van der Waals surface area contributed by atoms with Gasteiger partial charge in [-0.25, -0.2) is 0 Å². The number of rotatable bonds is 6. The number of unbranched alkanes of at least 4 members (excludes halogenated alkanes) is 3. The fourth-order valence-corrected chi connectivity index (χ4v) is 2.30. The molecule has 0 saturated heterocycles. The number of hydrogen-bond donors (Lipinski definition) is 2. The number of hydrogen-bond acceptors (Lipinski definition) is 2. The van der Waals surface area contributed by atoms with Crippen LogP contribution in [0.15, 0.2) is 0 Å². The molecule has 15 heavy (non-hydrogen) atoms. The lowest BCUT2D eigenvalue weighted by molar-refractivity contribution is 0.0142. The molecule has 0 bridgehead atoms. The van der Waals surface area contributed by atoms with Gasteiger partial charge in [0.1, 0.15) is 0 Å². The van der Waals surface area contributed by atoms with Crippen LogP contribution < -0.4 is 5.32 Å². The first-order chi connectivity index (χ1) is 7.14. The molecule has 2 N–H and O–H groups in total. The Morgan fingerprint density at radius 3 is 2.47 bits per heavy atom. The monoisotopic (exact) mass is 213 g/mol. The first-order valence-corrected chi connectivity index (χ1v) is 6.60. The van der Waals surface area contributed by atoms with E-state index in [4.69, 9.17) is 0 Å². The van der Waals surface area contributed by atoms with E-state index in [1.807, 2.05) is 6.92 Å². The molecule has 2 nitrogen and oxygen atoms in total. The Morgan fingerprint density at radius 1 is 1.20 bits per heavy atom. The van der Waals surface area contributed by atoms with Gasteiger partial charge in [0.15, 0.2) is 0 Å². The van der Waals surface area contributed by atoms with Gasteiger partial charge in [0.25, 0.3) is 0 Å². The van der Waals surface area contributed by atoms with Gasteiger partial charge in [0.2, 0.25) is 0 Å². The van der Waals surface area contributed by atoms with Crippen molar-refractivity contribution in [3.05, 3.63) is 0 Å². The van der Waals surface area contributed by atoms with Gasteiger partial charge >= 0.3 is 0 Å². The molecular formula is C13H27NO. The molecule has 0 atom stereocenters. The average Bonchev–Trinajstić information content (AvgIpc) is 2.20.